The van der Waals surface area contributed by atoms with Gasteiger partial charge in [0.1, 0.15) is 5.60 Å². The highest BCUT2D eigenvalue weighted by atomic mass is 16.6. The average molecular weight is 182 g/mol. The van der Waals surface area contributed by atoms with Gasteiger partial charge in [-0.15, -0.1) is 0 Å². The third-order valence-corrected chi connectivity index (χ3v) is 3.00. The van der Waals surface area contributed by atoms with Crippen molar-refractivity contribution in [3.05, 3.63) is 12.2 Å². The van der Waals surface area contributed by atoms with Gasteiger partial charge >= 0.3 is 5.97 Å². The quantitative estimate of drug-likeness (QED) is 0.451. The van der Waals surface area contributed by atoms with Gasteiger partial charge in [0.2, 0.25) is 0 Å². The summed E-state index contributed by atoms with van der Waals surface area (Å²) in [5.74, 6) is -0.253. The van der Waals surface area contributed by atoms with Crippen molar-refractivity contribution >= 4 is 5.97 Å². The van der Waals surface area contributed by atoms with Crippen LogP contribution in [-0.4, -0.2) is 22.8 Å². The van der Waals surface area contributed by atoms with Gasteiger partial charge in [0.05, 0.1) is 6.10 Å². The zero-order valence-electron chi connectivity index (χ0n) is 7.58. The van der Waals surface area contributed by atoms with Crippen LogP contribution >= 0.6 is 0 Å². The Morgan fingerprint density at radius 2 is 2.08 bits per heavy atom. The molecular weight excluding hydrogens is 168 g/mol. The summed E-state index contributed by atoms with van der Waals surface area (Å²) in [6, 6.07) is 0. The summed E-state index contributed by atoms with van der Waals surface area (Å²) < 4.78 is 5.30. The van der Waals surface area contributed by atoms with Crippen LogP contribution in [-0.2, 0) is 9.53 Å². The second-order valence-corrected chi connectivity index (χ2v) is 4.08. The fraction of sp³-hybridized carbons (Fsp3) is 0.700. The summed E-state index contributed by atoms with van der Waals surface area (Å²) in [5.41, 5.74) is 0.268. The molecule has 0 amide bonds. The molecule has 0 radical (unpaired) electrons. The zero-order chi connectivity index (χ0) is 9.47. The number of rotatable bonds is 0. The van der Waals surface area contributed by atoms with Crippen molar-refractivity contribution in [2.24, 2.45) is 0 Å². The van der Waals surface area contributed by atoms with Gasteiger partial charge in [-0.25, -0.2) is 4.79 Å². The number of aliphatic hydroxyl groups excluding tert-OH is 1. The molecule has 2 fully saturated rings. The Bertz CT molecular complexity index is 231. The highest BCUT2D eigenvalue weighted by Gasteiger charge is 2.44. The Labute approximate surface area is 77.4 Å². The lowest BCUT2D eigenvalue weighted by Crippen LogP contribution is -2.35. The normalized spacial score (nSPS) is 39.6. The Morgan fingerprint density at radius 3 is 2.54 bits per heavy atom. The van der Waals surface area contributed by atoms with E-state index in [0.29, 0.717) is 12.0 Å². The largest absolute Gasteiger partial charge is 0.455 e. The van der Waals surface area contributed by atoms with Crippen molar-refractivity contribution in [2.75, 3.05) is 0 Å². The standard InChI is InChI=1S/C10H14O3/c1-7-6-10(13-9(7)12)4-2-8(11)3-5-10/h8,11H,1-6H2. The molecule has 3 heteroatoms. The molecule has 1 aliphatic carbocycles. The Morgan fingerprint density at radius 1 is 1.46 bits per heavy atom. The molecular formula is C10H14O3. The van der Waals surface area contributed by atoms with E-state index < -0.39 is 0 Å². The lowest BCUT2D eigenvalue weighted by Gasteiger charge is -2.33. The molecule has 1 spiro atoms. The smallest absolute Gasteiger partial charge is 0.334 e. The van der Waals surface area contributed by atoms with Gasteiger partial charge in [0, 0.05) is 12.0 Å². The summed E-state index contributed by atoms with van der Waals surface area (Å²) in [7, 11) is 0. The maximum Gasteiger partial charge on any atom is 0.334 e. The lowest BCUT2D eigenvalue weighted by molar-refractivity contribution is -0.150. The van der Waals surface area contributed by atoms with E-state index >= 15 is 0 Å². The van der Waals surface area contributed by atoms with Crippen molar-refractivity contribution in [3.8, 4) is 0 Å². The maximum atomic E-state index is 11.1. The second-order valence-electron chi connectivity index (χ2n) is 4.08. The molecule has 2 aliphatic rings. The van der Waals surface area contributed by atoms with E-state index in [1.54, 1.807) is 0 Å². The van der Waals surface area contributed by atoms with Crippen LogP contribution in [0.15, 0.2) is 12.2 Å². The van der Waals surface area contributed by atoms with Gasteiger partial charge in [-0.3, -0.25) is 0 Å². The molecule has 1 saturated heterocycles. The molecule has 0 aromatic carbocycles. The minimum atomic E-state index is -0.312. The first-order valence-corrected chi connectivity index (χ1v) is 4.70. The Kier molecular flexibility index (Phi) is 1.91. The summed E-state index contributed by atoms with van der Waals surface area (Å²) in [5, 5.41) is 9.32. The van der Waals surface area contributed by atoms with Gasteiger partial charge in [-0.05, 0) is 25.7 Å². The minimum Gasteiger partial charge on any atom is -0.455 e. The molecule has 0 unspecified atom stereocenters. The number of ether oxygens (including phenoxy) is 1. The number of hydrogen-bond donors (Lipinski definition) is 1. The van der Waals surface area contributed by atoms with E-state index in [-0.39, 0.29) is 17.7 Å². The van der Waals surface area contributed by atoms with Crippen molar-refractivity contribution < 1.29 is 14.6 Å². The van der Waals surface area contributed by atoms with Gasteiger partial charge in [0.15, 0.2) is 0 Å². The molecule has 0 aromatic rings. The van der Waals surface area contributed by atoms with Crippen LogP contribution in [0.3, 0.4) is 0 Å². The molecule has 3 nitrogen and oxygen atoms in total. The van der Waals surface area contributed by atoms with E-state index in [2.05, 4.69) is 6.58 Å². The van der Waals surface area contributed by atoms with E-state index in [9.17, 15) is 9.90 Å². The lowest BCUT2D eigenvalue weighted by atomic mass is 9.81. The molecule has 0 aromatic heterocycles. The first-order valence-electron chi connectivity index (χ1n) is 4.70. The minimum absolute atomic E-state index is 0.210. The van der Waals surface area contributed by atoms with Crippen LogP contribution in [0.1, 0.15) is 32.1 Å². The number of aliphatic hydroxyl groups is 1. The van der Waals surface area contributed by atoms with E-state index in [1.165, 1.54) is 0 Å². The number of carbonyl (C=O) groups is 1. The monoisotopic (exact) mass is 182 g/mol. The molecule has 1 saturated carbocycles. The Hall–Kier alpha value is -0.830. The second kappa shape index (κ2) is 2.84. The molecule has 13 heavy (non-hydrogen) atoms. The number of carbonyl (C=O) groups excluding carboxylic acids is 1. The van der Waals surface area contributed by atoms with Crippen LogP contribution in [0.2, 0.25) is 0 Å². The van der Waals surface area contributed by atoms with Crippen molar-refractivity contribution in [1.29, 1.82) is 0 Å². The highest BCUT2D eigenvalue weighted by molar-refractivity contribution is 5.90. The fourth-order valence-corrected chi connectivity index (χ4v) is 2.17. The molecule has 0 atom stereocenters. The van der Waals surface area contributed by atoms with E-state index in [0.717, 1.165) is 25.7 Å². The van der Waals surface area contributed by atoms with Gasteiger partial charge in [0.25, 0.3) is 0 Å². The molecule has 0 bridgehead atoms. The summed E-state index contributed by atoms with van der Waals surface area (Å²) in [6.07, 6.45) is 3.47. The fourth-order valence-electron chi connectivity index (χ4n) is 2.17. The topological polar surface area (TPSA) is 46.5 Å². The van der Waals surface area contributed by atoms with Gasteiger partial charge < -0.3 is 9.84 Å². The van der Waals surface area contributed by atoms with Gasteiger partial charge in [-0.1, -0.05) is 6.58 Å². The van der Waals surface area contributed by atoms with Crippen molar-refractivity contribution in [2.45, 2.75) is 43.8 Å². The van der Waals surface area contributed by atoms with Crippen LogP contribution in [0, 0.1) is 0 Å². The van der Waals surface area contributed by atoms with E-state index in [4.69, 9.17) is 4.74 Å². The Balaban J connectivity index is 2.07. The SMILES string of the molecule is C=C1CC2(CCC(O)CC2)OC1=O. The van der Waals surface area contributed by atoms with Crippen LogP contribution in [0.4, 0.5) is 0 Å². The van der Waals surface area contributed by atoms with Crippen LogP contribution in [0.5, 0.6) is 0 Å². The summed E-state index contributed by atoms with van der Waals surface area (Å²) in [6.45, 7) is 3.67. The molecule has 2 rings (SSSR count). The van der Waals surface area contributed by atoms with E-state index in [1.807, 2.05) is 0 Å². The predicted molar refractivity (Wildman–Crippen MR) is 47.1 cm³/mol. The average Bonchev–Trinajstić information content (AvgIpc) is 2.36. The molecule has 1 heterocycles. The molecule has 1 N–H and O–H groups in total. The third kappa shape index (κ3) is 1.48. The van der Waals surface area contributed by atoms with Crippen LogP contribution in [0.25, 0.3) is 0 Å². The molecule has 1 aliphatic heterocycles. The maximum absolute atomic E-state index is 11.1. The first kappa shape index (κ1) is 8.75. The number of esters is 1. The predicted octanol–water partition coefficient (Wildman–Crippen LogP) is 1.16. The first-order chi connectivity index (χ1) is 6.11. The van der Waals surface area contributed by atoms with Gasteiger partial charge in [-0.2, -0.15) is 0 Å². The number of hydrogen-bond acceptors (Lipinski definition) is 3. The zero-order valence-corrected chi connectivity index (χ0v) is 7.58. The third-order valence-electron chi connectivity index (χ3n) is 3.00. The highest BCUT2D eigenvalue weighted by Crippen LogP contribution is 2.41. The van der Waals surface area contributed by atoms with Crippen molar-refractivity contribution in [3.63, 3.8) is 0 Å². The molecule has 72 valence electrons. The van der Waals surface area contributed by atoms with Crippen molar-refractivity contribution in [1.82, 2.24) is 0 Å². The summed E-state index contributed by atoms with van der Waals surface area (Å²) >= 11 is 0. The summed E-state index contributed by atoms with van der Waals surface area (Å²) in [4.78, 5) is 11.1. The van der Waals surface area contributed by atoms with Crippen LogP contribution < -0.4 is 0 Å².